The first-order chi connectivity index (χ1) is 9.65. The second-order valence-electron chi connectivity index (χ2n) is 4.83. The van der Waals surface area contributed by atoms with Gasteiger partial charge in [-0.1, -0.05) is 25.1 Å². The Bertz CT molecular complexity index is 536. The Balaban J connectivity index is 2.22. The SMILES string of the molecule is CCOC(c1noc(-c2ccc(CN)cn2)n1)C(C)C. The van der Waals surface area contributed by atoms with E-state index in [0.29, 0.717) is 30.6 Å². The molecule has 0 bridgehead atoms. The minimum absolute atomic E-state index is 0.166. The zero-order chi connectivity index (χ0) is 14.5. The van der Waals surface area contributed by atoms with Gasteiger partial charge in [0.1, 0.15) is 11.8 Å². The Kier molecular flexibility index (Phi) is 4.81. The van der Waals surface area contributed by atoms with Crippen LogP contribution in [0.25, 0.3) is 11.6 Å². The zero-order valence-corrected chi connectivity index (χ0v) is 12.0. The van der Waals surface area contributed by atoms with E-state index in [2.05, 4.69) is 29.0 Å². The van der Waals surface area contributed by atoms with E-state index < -0.39 is 0 Å². The molecule has 0 aliphatic carbocycles. The van der Waals surface area contributed by atoms with Gasteiger partial charge in [0.2, 0.25) is 5.82 Å². The molecule has 0 saturated carbocycles. The summed E-state index contributed by atoms with van der Waals surface area (Å²) in [4.78, 5) is 8.65. The number of hydrogen-bond acceptors (Lipinski definition) is 6. The smallest absolute Gasteiger partial charge is 0.276 e. The molecular formula is C14H20N4O2. The Labute approximate surface area is 118 Å². The standard InChI is InChI=1S/C14H20N4O2/c1-4-19-12(9(2)3)13-17-14(20-18-13)11-6-5-10(7-15)8-16-11/h5-6,8-9,12H,4,7,15H2,1-3H3. The molecule has 0 fully saturated rings. The Morgan fingerprint density at radius 2 is 2.15 bits per heavy atom. The number of aromatic nitrogens is 3. The maximum atomic E-state index is 5.65. The Morgan fingerprint density at radius 3 is 2.70 bits per heavy atom. The highest BCUT2D eigenvalue weighted by Gasteiger charge is 2.22. The average molecular weight is 276 g/mol. The Hall–Kier alpha value is -1.79. The molecule has 20 heavy (non-hydrogen) atoms. The van der Waals surface area contributed by atoms with Gasteiger partial charge >= 0.3 is 0 Å². The molecular weight excluding hydrogens is 256 g/mol. The molecule has 2 heterocycles. The van der Waals surface area contributed by atoms with Gasteiger partial charge in [0.05, 0.1) is 0 Å². The molecule has 1 unspecified atom stereocenters. The van der Waals surface area contributed by atoms with Crippen molar-refractivity contribution in [3.8, 4) is 11.6 Å². The summed E-state index contributed by atoms with van der Waals surface area (Å²) in [5.74, 6) is 1.23. The number of rotatable bonds is 6. The lowest BCUT2D eigenvalue weighted by atomic mass is 10.1. The van der Waals surface area contributed by atoms with Crippen LogP contribution in [0.5, 0.6) is 0 Å². The molecule has 2 aromatic heterocycles. The van der Waals surface area contributed by atoms with Crippen LogP contribution in [-0.2, 0) is 11.3 Å². The fraction of sp³-hybridized carbons (Fsp3) is 0.500. The average Bonchev–Trinajstić information content (AvgIpc) is 2.94. The topological polar surface area (TPSA) is 87.1 Å². The fourth-order valence-corrected chi connectivity index (χ4v) is 1.87. The van der Waals surface area contributed by atoms with Crippen LogP contribution in [0.2, 0.25) is 0 Å². The summed E-state index contributed by atoms with van der Waals surface area (Å²) < 4.78 is 10.9. The normalized spacial score (nSPS) is 12.8. The summed E-state index contributed by atoms with van der Waals surface area (Å²) in [7, 11) is 0. The van der Waals surface area contributed by atoms with Gasteiger partial charge in [-0.25, -0.2) is 0 Å². The van der Waals surface area contributed by atoms with E-state index in [4.69, 9.17) is 15.0 Å². The molecule has 2 rings (SSSR count). The lowest BCUT2D eigenvalue weighted by Crippen LogP contribution is -2.12. The van der Waals surface area contributed by atoms with E-state index in [9.17, 15) is 0 Å². The molecule has 0 spiro atoms. The van der Waals surface area contributed by atoms with Gasteiger partial charge in [-0.2, -0.15) is 4.98 Å². The summed E-state index contributed by atoms with van der Waals surface area (Å²) in [6.07, 6.45) is 1.54. The zero-order valence-electron chi connectivity index (χ0n) is 12.0. The molecule has 0 radical (unpaired) electrons. The van der Waals surface area contributed by atoms with E-state index in [1.54, 1.807) is 6.20 Å². The quantitative estimate of drug-likeness (QED) is 0.871. The summed E-state index contributed by atoms with van der Waals surface area (Å²) in [5.41, 5.74) is 7.14. The van der Waals surface area contributed by atoms with Crippen molar-refractivity contribution in [3.63, 3.8) is 0 Å². The van der Waals surface area contributed by atoms with E-state index >= 15 is 0 Å². The second-order valence-corrected chi connectivity index (χ2v) is 4.83. The second kappa shape index (κ2) is 6.58. The lowest BCUT2D eigenvalue weighted by Gasteiger charge is -2.16. The number of hydrogen-bond donors (Lipinski definition) is 1. The van der Waals surface area contributed by atoms with Gasteiger partial charge in [-0.05, 0) is 24.5 Å². The van der Waals surface area contributed by atoms with Crippen LogP contribution in [0, 0.1) is 5.92 Å². The number of pyridine rings is 1. The minimum Gasteiger partial charge on any atom is -0.370 e. The molecule has 0 amide bonds. The van der Waals surface area contributed by atoms with Crippen LogP contribution in [0.1, 0.15) is 38.3 Å². The molecule has 0 saturated heterocycles. The third-order valence-corrected chi connectivity index (χ3v) is 2.93. The fourth-order valence-electron chi connectivity index (χ4n) is 1.87. The monoisotopic (exact) mass is 276 g/mol. The molecule has 2 aromatic rings. The third-order valence-electron chi connectivity index (χ3n) is 2.93. The highest BCUT2D eigenvalue weighted by atomic mass is 16.5. The van der Waals surface area contributed by atoms with Crippen LogP contribution in [-0.4, -0.2) is 21.7 Å². The molecule has 0 aliphatic heterocycles. The van der Waals surface area contributed by atoms with Gasteiger partial charge in [0.25, 0.3) is 5.89 Å². The van der Waals surface area contributed by atoms with Gasteiger partial charge < -0.3 is 15.0 Å². The highest BCUT2D eigenvalue weighted by Crippen LogP contribution is 2.25. The first-order valence-corrected chi connectivity index (χ1v) is 6.76. The molecule has 108 valence electrons. The largest absolute Gasteiger partial charge is 0.370 e. The molecule has 6 heteroatoms. The summed E-state index contributed by atoms with van der Waals surface area (Å²) in [6.45, 7) is 7.14. The predicted octanol–water partition coefficient (Wildman–Crippen LogP) is 2.32. The van der Waals surface area contributed by atoms with Crippen molar-refractivity contribution >= 4 is 0 Å². The minimum atomic E-state index is -0.166. The molecule has 2 N–H and O–H groups in total. The first kappa shape index (κ1) is 14.6. The van der Waals surface area contributed by atoms with E-state index in [0.717, 1.165) is 5.56 Å². The highest BCUT2D eigenvalue weighted by molar-refractivity contribution is 5.46. The van der Waals surface area contributed by atoms with Gasteiger partial charge in [0.15, 0.2) is 0 Å². The van der Waals surface area contributed by atoms with Crippen LogP contribution >= 0.6 is 0 Å². The van der Waals surface area contributed by atoms with Crippen molar-refractivity contribution in [2.75, 3.05) is 6.61 Å². The predicted molar refractivity (Wildman–Crippen MR) is 74.6 cm³/mol. The maximum absolute atomic E-state index is 5.65. The van der Waals surface area contributed by atoms with Crippen LogP contribution < -0.4 is 5.73 Å². The van der Waals surface area contributed by atoms with E-state index in [1.165, 1.54) is 0 Å². The van der Waals surface area contributed by atoms with Gasteiger partial charge in [0, 0.05) is 19.3 Å². The van der Waals surface area contributed by atoms with Gasteiger partial charge in [-0.15, -0.1) is 0 Å². The summed E-state index contributed by atoms with van der Waals surface area (Å²) >= 11 is 0. The van der Waals surface area contributed by atoms with Crippen LogP contribution in [0.3, 0.4) is 0 Å². The number of ether oxygens (including phenoxy) is 1. The van der Waals surface area contributed by atoms with Crippen molar-refractivity contribution in [2.45, 2.75) is 33.4 Å². The molecule has 1 atom stereocenters. The number of nitrogens with zero attached hydrogens (tertiary/aromatic N) is 3. The van der Waals surface area contributed by atoms with Crippen molar-refractivity contribution in [2.24, 2.45) is 11.7 Å². The number of nitrogens with two attached hydrogens (primary N) is 1. The first-order valence-electron chi connectivity index (χ1n) is 6.76. The van der Waals surface area contributed by atoms with Gasteiger partial charge in [-0.3, -0.25) is 4.98 Å². The Morgan fingerprint density at radius 1 is 1.35 bits per heavy atom. The lowest BCUT2D eigenvalue weighted by molar-refractivity contribution is 0.0217. The van der Waals surface area contributed by atoms with Crippen molar-refractivity contribution in [1.29, 1.82) is 0 Å². The summed E-state index contributed by atoms with van der Waals surface area (Å²) in [5, 5.41) is 4.00. The van der Waals surface area contributed by atoms with Crippen molar-refractivity contribution < 1.29 is 9.26 Å². The molecule has 6 nitrogen and oxygen atoms in total. The molecule has 0 aliphatic rings. The molecule has 0 aromatic carbocycles. The summed E-state index contributed by atoms with van der Waals surface area (Å²) in [6, 6.07) is 3.72. The van der Waals surface area contributed by atoms with E-state index in [-0.39, 0.29) is 12.0 Å². The van der Waals surface area contributed by atoms with Crippen LogP contribution in [0.15, 0.2) is 22.9 Å². The van der Waals surface area contributed by atoms with E-state index in [1.807, 2.05) is 19.1 Å². The van der Waals surface area contributed by atoms with Crippen molar-refractivity contribution in [1.82, 2.24) is 15.1 Å². The maximum Gasteiger partial charge on any atom is 0.276 e. The van der Waals surface area contributed by atoms with Crippen LogP contribution in [0.4, 0.5) is 0 Å². The third kappa shape index (κ3) is 3.20. The van der Waals surface area contributed by atoms with Crippen molar-refractivity contribution in [3.05, 3.63) is 29.7 Å².